The number of nitrogen functional groups attached to an aromatic ring is 1. The molecule has 76 valence electrons. The summed E-state index contributed by atoms with van der Waals surface area (Å²) in [6, 6.07) is 7.02. The molecule has 0 fully saturated rings. The van der Waals surface area contributed by atoms with Gasteiger partial charge in [0, 0.05) is 5.02 Å². The van der Waals surface area contributed by atoms with Gasteiger partial charge in [0.05, 0.1) is 12.4 Å². The zero-order valence-electron chi connectivity index (χ0n) is 7.72. The lowest BCUT2D eigenvalue weighted by atomic mass is 10.3. The molecule has 5 heteroatoms. The van der Waals surface area contributed by atoms with Crippen molar-refractivity contribution in [2.45, 2.75) is 0 Å². The van der Waals surface area contributed by atoms with Crippen LogP contribution in [0.3, 0.4) is 0 Å². The highest BCUT2D eigenvalue weighted by Gasteiger charge is 1.98. The van der Waals surface area contributed by atoms with Crippen LogP contribution >= 0.6 is 11.6 Å². The van der Waals surface area contributed by atoms with E-state index in [9.17, 15) is 0 Å². The number of benzene rings is 1. The number of hydrogen-bond donors (Lipinski definition) is 1. The Morgan fingerprint density at radius 2 is 1.60 bits per heavy atom. The largest absolute Gasteiger partial charge is 0.454 e. The quantitative estimate of drug-likeness (QED) is 0.847. The smallest absolute Gasteiger partial charge is 0.220 e. The Balaban J connectivity index is 2.15. The second-order valence-corrected chi connectivity index (χ2v) is 3.27. The molecular formula is C10H8ClN3O. The third kappa shape index (κ3) is 2.57. The highest BCUT2D eigenvalue weighted by atomic mass is 35.5. The zero-order chi connectivity index (χ0) is 10.7. The van der Waals surface area contributed by atoms with Crippen LogP contribution in [-0.4, -0.2) is 9.97 Å². The first kappa shape index (κ1) is 9.73. The van der Waals surface area contributed by atoms with Crippen LogP contribution < -0.4 is 10.5 Å². The predicted molar refractivity (Wildman–Crippen MR) is 58.0 cm³/mol. The summed E-state index contributed by atoms with van der Waals surface area (Å²) in [6.45, 7) is 0. The highest BCUT2D eigenvalue weighted by molar-refractivity contribution is 6.30. The van der Waals surface area contributed by atoms with E-state index in [1.807, 2.05) is 0 Å². The van der Waals surface area contributed by atoms with Crippen LogP contribution in [0.25, 0.3) is 0 Å². The maximum absolute atomic E-state index is 5.74. The third-order valence-corrected chi connectivity index (χ3v) is 1.95. The van der Waals surface area contributed by atoms with Gasteiger partial charge in [0.25, 0.3) is 0 Å². The van der Waals surface area contributed by atoms with Gasteiger partial charge in [-0.3, -0.25) is 0 Å². The van der Waals surface area contributed by atoms with Crippen molar-refractivity contribution in [3.05, 3.63) is 41.7 Å². The fourth-order valence-electron chi connectivity index (χ4n) is 1.02. The van der Waals surface area contributed by atoms with Crippen LogP contribution in [-0.2, 0) is 0 Å². The van der Waals surface area contributed by atoms with Crippen molar-refractivity contribution in [1.82, 2.24) is 9.97 Å². The van der Waals surface area contributed by atoms with Crippen molar-refractivity contribution in [3.63, 3.8) is 0 Å². The Morgan fingerprint density at radius 3 is 2.20 bits per heavy atom. The Morgan fingerprint density at radius 1 is 1.00 bits per heavy atom. The number of aromatic nitrogens is 2. The van der Waals surface area contributed by atoms with Gasteiger partial charge in [-0.25, -0.2) is 9.97 Å². The summed E-state index contributed by atoms with van der Waals surface area (Å²) >= 11 is 5.74. The van der Waals surface area contributed by atoms with Crippen molar-refractivity contribution in [2.75, 3.05) is 5.73 Å². The van der Waals surface area contributed by atoms with E-state index in [0.717, 1.165) is 0 Å². The van der Waals surface area contributed by atoms with E-state index in [1.165, 1.54) is 12.4 Å². The monoisotopic (exact) mass is 221 g/mol. The molecule has 0 aliphatic heterocycles. The molecule has 4 nitrogen and oxygen atoms in total. The summed E-state index contributed by atoms with van der Waals surface area (Å²) in [5.74, 6) is 1.43. The first-order valence-corrected chi connectivity index (χ1v) is 4.63. The number of halogens is 1. The topological polar surface area (TPSA) is 61.0 Å². The molecule has 0 atom stereocenters. The van der Waals surface area contributed by atoms with Gasteiger partial charge in [0.2, 0.25) is 5.95 Å². The molecule has 15 heavy (non-hydrogen) atoms. The van der Waals surface area contributed by atoms with E-state index in [-0.39, 0.29) is 5.95 Å². The molecule has 2 N–H and O–H groups in total. The van der Waals surface area contributed by atoms with E-state index in [0.29, 0.717) is 16.5 Å². The molecule has 0 amide bonds. The van der Waals surface area contributed by atoms with Gasteiger partial charge >= 0.3 is 0 Å². The number of nitrogens with zero attached hydrogens (tertiary/aromatic N) is 2. The van der Waals surface area contributed by atoms with Crippen LogP contribution in [0.15, 0.2) is 36.7 Å². The minimum absolute atomic E-state index is 0.221. The standard InChI is InChI=1S/C10H8ClN3O/c11-7-1-3-8(4-2-7)15-9-5-13-10(12)14-6-9/h1-6H,(H2,12,13,14). The summed E-state index contributed by atoms with van der Waals surface area (Å²) in [5.41, 5.74) is 5.34. The van der Waals surface area contributed by atoms with Crippen LogP contribution in [0.1, 0.15) is 0 Å². The normalized spacial score (nSPS) is 9.93. The predicted octanol–water partition coefficient (Wildman–Crippen LogP) is 2.50. The Kier molecular flexibility index (Phi) is 2.69. The fourth-order valence-corrected chi connectivity index (χ4v) is 1.14. The number of anilines is 1. The number of ether oxygens (including phenoxy) is 1. The average Bonchev–Trinajstić information content (AvgIpc) is 2.25. The molecule has 0 unspecified atom stereocenters. The minimum atomic E-state index is 0.221. The van der Waals surface area contributed by atoms with Gasteiger partial charge in [-0.1, -0.05) is 11.6 Å². The highest BCUT2D eigenvalue weighted by Crippen LogP contribution is 2.21. The second-order valence-electron chi connectivity index (χ2n) is 2.83. The summed E-state index contributed by atoms with van der Waals surface area (Å²) < 4.78 is 5.45. The Bertz CT molecular complexity index is 398. The molecule has 0 aliphatic rings. The molecule has 1 heterocycles. The molecule has 1 aromatic heterocycles. The van der Waals surface area contributed by atoms with Crippen molar-refractivity contribution in [1.29, 1.82) is 0 Å². The van der Waals surface area contributed by atoms with Crippen LogP contribution in [0.2, 0.25) is 5.02 Å². The average molecular weight is 222 g/mol. The van der Waals surface area contributed by atoms with Gasteiger partial charge in [0.1, 0.15) is 5.75 Å². The number of rotatable bonds is 2. The van der Waals surface area contributed by atoms with Gasteiger partial charge in [-0.05, 0) is 24.3 Å². The number of hydrogen-bond acceptors (Lipinski definition) is 4. The lowest BCUT2D eigenvalue weighted by Crippen LogP contribution is -1.94. The maximum Gasteiger partial charge on any atom is 0.220 e. The van der Waals surface area contributed by atoms with Crippen LogP contribution in [0, 0.1) is 0 Å². The maximum atomic E-state index is 5.74. The SMILES string of the molecule is Nc1ncc(Oc2ccc(Cl)cc2)cn1. The second kappa shape index (κ2) is 4.14. The molecule has 0 bridgehead atoms. The first-order valence-electron chi connectivity index (χ1n) is 4.25. The van der Waals surface area contributed by atoms with Gasteiger partial charge in [-0.2, -0.15) is 0 Å². The molecule has 0 radical (unpaired) electrons. The molecule has 0 saturated carbocycles. The molecule has 0 aliphatic carbocycles. The van der Waals surface area contributed by atoms with E-state index in [1.54, 1.807) is 24.3 Å². The molecule has 1 aromatic carbocycles. The molecular weight excluding hydrogens is 214 g/mol. The lowest BCUT2D eigenvalue weighted by molar-refractivity contribution is 0.478. The van der Waals surface area contributed by atoms with Gasteiger partial charge < -0.3 is 10.5 Å². The van der Waals surface area contributed by atoms with Gasteiger partial charge in [-0.15, -0.1) is 0 Å². The molecule has 2 aromatic rings. The summed E-state index contributed by atoms with van der Waals surface area (Å²) in [5, 5.41) is 0.663. The molecule has 0 spiro atoms. The Hall–Kier alpha value is -1.81. The summed E-state index contributed by atoms with van der Waals surface area (Å²) in [6.07, 6.45) is 3.02. The zero-order valence-corrected chi connectivity index (χ0v) is 8.48. The summed E-state index contributed by atoms with van der Waals surface area (Å²) in [4.78, 5) is 7.62. The molecule has 0 saturated heterocycles. The van der Waals surface area contributed by atoms with Crippen LogP contribution in [0.5, 0.6) is 11.5 Å². The number of nitrogens with two attached hydrogens (primary N) is 1. The van der Waals surface area contributed by atoms with Crippen LogP contribution in [0.4, 0.5) is 5.95 Å². The van der Waals surface area contributed by atoms with E-state index >= 15 is 0 Å². The van der Waals surface area contributed by atoms with Crippen molar-refractivity contribution in [3.8, 4) is 11.5 Å². The fraction of sp³-hybridized carbons (Fsp3) is 0. The van der Waals surface area contributed by atoms with Crippen molar-refractivity contribution < 1.29 is 4.74 Å². The Labute approximate surface area is 91.7 Å². The lowest BCUT2D eigenvalue weighted by Gasteiger charge is -2.04. The van der Waals surface area contributed by atoms with Crippen molar-refractivity contribution in [2.24, 2.45) is 0 Å². The third-order valence-electron chi connectivity index (χ3n) is 1.70. The van der Waals surface area contributed by atoms with E-state index in [2.05, 4.69) is 9.97 Å². The van der Waals surface area contributed by atoms with E-state index in [4.69, 9.17) is 22.1 Å². The minimum Gasteiger partial charge on any atom is -0.454 e. The van der Waals surface area contributed by atoms with Gasteiger partial charge in [0.15, 0.2) is 5.75 Å². The first-order chi connectivity index (χ1) is 7.24. The summed E-state index contributed by atoms with van der Waals surface area (Å²) in [7, 11) is 0. The van der Waals surface area contributed by atoms with E-state index < -0.39 is 0 Å². The molecule has 2 rings (SSSR count). The van der Waals surface area contributed by atoms with Crippen molar-refractivity contribution >= 4 is 17.5 Å².